The summed E-state index contributed by atoms with van der Waals surface area (Å²) in [4.78, 5) is 0. The van der Waals surface area contributed by atoms with Gasteiger partial charge in [0.2, 0.25) is 11.6 Å². The Morgan fingerprint density at radius 2 is 1.15 bits per heavy atom. The maximum absolute atomic E-state index is 10.4. The Hall–Kier alpha value is -0.280. The van der Waals surface area contributed by atoms with Crippen molar-refractivity contribution in [2.75, 3.05) is 21.3 Å². The molecule has 0 aromatic heterocycles. The van der Waals surface area contributed by atoms with Crippen molar-refractivity contribution in [3.8, 4) is 0 Å². The zero-order valence-corrected chi connectivity index (χ0v) is 13.3. The van der Waals surface area contributed by atoms with Crippen LogP contribution in [0.25, 0.3) is 0 Å². The van der Waals surface area contributed by atoms with E-state index in [-0.39, 0.29) is 0 Å². The van der Waals surface area contributed by atoms with Gasteiger partial charge in [-0.2, -0.15) is 0 Å². The van der Waals surface area contributed by atoms with Crippen LogP contribution in [-0.4, -0.2) is 72.6 Å². The fourth-order valence-corrected chi connectivity index (χ4v) is 1.84. The summed E-state index contributed by atoms with van der Waals surface area (Å²) in [6.07, 6.45) is -3.40. The maximum atomic E-state index is 10.4. The normalized spacial score (nSPS) is 21.9. The van der Waals surface area contributed by atoms with E-state index in [1.165, 1.54) is 35.2 Å². The van der Waals surface area contributed by atoms with Crippen LogP contribution in [0.2, 0.25) is 0 Å². The monoisotopic (exact) mass is 296 g/mol. The third-order valence-corrected chi connectivity index (χ3v) is 3.80. The van der Waals surface area contributed by atoms with Gasteiger partial charge in [-0.05, 0) is 27.7 Å². The molecule has 0 rings (SSSR count). The summed E-state index contributed by atoms with van der Waals surface area (Å²) in [7, 11) is 4.11. The molecule has 0 radical (unpaired) electrons. The van der Waals surface area contributed by atoms with Crippen molar-refractivity contribution in [3.05, 3.63) is 0 Å². The molecule has 0 aliphatic rings. The van der Waals surface area contributed by atoms with Gasteiger partial charge in [0.15, 0.2) is 0 Å². The summed E-state index contributed by atoms with van der Waals surface area (Å²) in [6.45, 7) is 6.16. The SMILES string of the molecule is COC(C)C(O)(O)C(C)OC(C)C(O)(OC)C(C)OC. The Morgan fingerprint density at radius 3 is 1.50 bits per heavy atom. The molecule has 0 aliphatic carbocycles. The molecular formula is C13H28O7. The molecule has 0 heterocycles. The minimum atomic E-state index is -2.20. The van der Waals surface area contributed by atoms with E-state index in [0.717, 1.165) is 0 Å². The van der Waals surface area contributed by atoms with Crippen molar-refractivity contribution in [3.63, 3.8) is 0 Å². The first-order valence-electron chi connectivity index (χ1n) is 6.51. The Morgan fingerprint density at radius 1 is 0.700 bits per heavy atom. The van der Waals surface area contributed by atoms with Gasteiger partial charge in [0.25, 0.3) is 0 Å². The minimum absolute atomic E-state index is 0.665. The summed E-state index contributed by atoms with van der Waals surface area (Å²) in [5.74, 6) is -3.91. The molecule has 0 bridgehead atoms. The standard InChI is InChI=1S/C13H28O7/c1-8(17-5)12(14,15)9(2)20-11(4)13(16,19-7)10(3)18-6/h8-11,14-16H,1-7H3. The molecule has 7 nitrogen and oxygen atoms in total. The molecule has 3 N–H and O–H groups in total. The van der Waals surface area contributed by atoms with Crippen molar-refractivity contribution >= 4 is 0 Å². The van der Waals surface area contributed by atoms with Crippen LogP contribution in [0.1, 0.15) is 27.7 Å². The Labute approximate surface area is 120 Å². The average Bonchev–Trinajstić information content (AvgIpc) is 2.43. The lowest BCUT2D eigenvalue weighted by Gasteiger charge is -2.40. The number of hydrogen-bond acceptors (Lipinski definition) is 7. The molecule has 0 aromatic rings. The zero-order chi connectivity index (χ0) is 16.1. The van der Waals surface area contributed by atoms with Crippen LogP contribution >= 0.6 is 0 Å². The predicted molar refractivity (Wildman–Crippen MR) is 72.1 cm³/mol. The maximum Gasteiger partial charge on any atom is 0.218 e. The second-order valence-corrected chi connectivity index (χ2v) is 4.92. The summed E-state index contributed by atoms with van der Waals surface area (Å²) in [5, 5.41) is 30.4. The number of hydrogen-bond donors (Lipinski definition) is 3. The highest BCUT2D eigenvalue weighted by Gasteiger charge is 2.46. The Balaban J connectivity index is 4.93. The lowest BCUT2D eigenvalue weighted by molar-refractivity contribution is -0.335. The van der Waals surface area contributed by atoms with Crippen LogP contribution in [0.15, 0.2) is 0 Å². The molecule has 20 heavy (non-hydrogen) atoms. The summed E-state index contributed by atoms with van der Waals surface area (Å²) in [5.41, 5.74) is 0. The van der Waals surface area contributed by atoms with E-state index in [1.54, 1.807) is 13.8 Å². The first-order chi connectivity index (χ1) is 9.07. The number of methoxy groups -OCH3 is 3. The lowest BCUT2D eigenvalue weighted by atomic mass is 10.0. The molecule has 0 amide bonds. The van der Waals surface area contributed by atoms with Gasteiger partial charge in [-0.25, -0.2) is 0 Å². The lowest BCUT2D eigenvalue weighted by Crippen LogP contribution is -2.58. The van der Waals surface area contributed by atoms with E-state index in [1.807, 2.05) is 0 Å². The largest absolute Gasteiger partial charge is 0.376 e. The Bertz CT molecular complexity index is 284. The van der Waals surface area contributed by atoms with Gasteiger partial charge in [-0.15, -0.1) is 0 Å². The molecule has 5 unspecified atom stereocenters. The molecule has 0 aliphatic heterocycles. The molecule has 0 aromatic carbocycles. The van der Waals surface area contributed by atoms with E-state index in [0.29, 0.717) is 0 Å². The number of rotatable bonds is 9. The first kappa shape index (κ1) is 19.7. The highest BCUT2D eigenvalue weighted by molar-refractivity contribution is 4.86. The van der Waals surface area contributed by atoms with Gasteiger partial charge in [-0.1, -0.05) is 0 Å². The molecule has 0 saturated carbocycles. The fraction of sp³-hybridized carbons (Fsp3) is 1.00. The fourth-order valence-electron chi connectivity index (χ4n) is 1.84. The molecule has 0 saturated heterocycles. The van der Waals surface area contributed by atoms with Crippen molar-refractivity contribution in [2.24, 2.45) is 0 Å². The predicted octanol–water partition coefficient (Wildman–Crippen LogP) is -0.134. The first-order valence-corrected chi connectivity index (χ1v) is 6.51. The topological polar surface area (TPSA) is 97.6 Å². The van der Waals surface area contributed by atoms with Gasteiger partial charge in [-0.3, -0.25) is 0 Å². The summed E-state index contributed by atoms with van der Waals surface area (Å²) < 4.78 is 20.5. The van der Waals surface area contributed by atoms with Crippen LogP contribution in [0.3, 0.4) is 0 Å². The van der Waals surface area contributed by atoms with Crippen LogP contribution in [0.5, 0.6) is 0 Å². The third-order valence-electron chi connectivity index (χ3n) is 3.80. The molecule has 7 heteroatoms. The molecule has 5 atom stereocenters. The number of ether oxygens (including phenoxy) is 4. The summed E-state index contributed by atoms with van der Waals surface area (Å²) >= 11 is 0. The van der Waals surface area contributed by atoms with Gasteiger partial charge in [0.1, 0.15) is 24.4 Å². The van der Waals surface area contributed by atoms with E-state index < -0.39 is 36.0 Å². The van der Waals surface area contributed by atoms with Crippen molar-refractivity contribution in [2.45, 2.75) is 63.7 Å². The van der Waals surface area contributed by atoms with Crippen LogP contribution in [-0.2, 0) is 18.9 Å². The van der Waals surface area contributed by atoms with Crippen LogP contribution in [0, 0.1) is 0 Å². The van der Waals surface area contributed by atoms with Gasteiger partial charge >= 0.3 is 0 Å². The van der Waals surface area contributed by atoms with E-state index in [2.05, 4.69) is 0 Å². The van der Waals surface area contributed by atoms with Crippen LogP contribution < -0.4 is 0 Å². The smallest absolute Gasteiger partial charge is 0.218 e. The van der Waals surface area contributed by atoms with E-state index in [4.69, 9.17) is 18.9 Å². The minimum Gasteiger partial charge on any atom is -0.376 e. The molecule has 0 spiro atoms. The van der Waals surface area contributed by atoms with E-state index in [9.17, 15) is 15.3 Å². The summed E-state index contributed by atoms with van der Waals surface area (Å²) in [6, 6.07) is 0. The zero-order valence-electron chi connectivity index (χ0n) is 13.3. The second kappa shape index (κ2) is 7.65. The van der Waals surface area contributed by atoms with Crippen molar-refractivity contribution in [1.29, 1.82) is 0 Å². The highest BCUT2D eigenvalue weighted by Crippen LogP contribution is 2.26. The van der Waals surface area contributed by atoms with Crippen molar-refractivity contribution < 1.29 is 34.3 Å². The Kier molecular flexibility index (Phi) is 7.54. The quantitative estimate of drug-likeness (QED) is 0.510. The molecular weight excluding hydrogens is 268 g/mol. The second-order valence-electron chi connectivity index (χ2n) is 4.92. The molecule has 122 valence electrons. The third kappa shape index (κ3) is 4.11. The van der Waals surface area contributed by atoms with E-state index >= 15 is 0 Å². The van der Waals surface area contributed by atoms with Gasteiger partial charge in [0.05, 0.1) is 0 Å². The van der Waals surface area contributed by atoms with Crippen LogP contribution in [0.4, 0.5) is 0 Å². The van der Waals surface area contributed by atoms with Gasteiger partial charge in [0, 0.05) is 21.3 Å². The molecule has 0 fully saturated rings. The van der Waals surface area contributed by atoms with Crippen molar-refractivity contribution in [1.82, 2.24) is 0 Å². The average molecular weight is 296 g/mol. The van der Waals surface area contributed by atoms with Gasteiger partial charge < -0.3 is 34.3 Å². The number of aliphatic hydroxyl groups is 3. The highest BCUT2D eigenvalue weighted by atomic mass is 16.7.